The minimum Gasteiger partial charge on any atom is -0.391 e. The van der Waals surface area contributed by atoms with Crippen molar-refractivity contribution in [1.29, 1.82) is 0 Å². The third-order valence-corrected chi connectivity index (χ3v) is 3.94. The average Bonchev–Trinajstić information content (AvgIpc) is 2.32. The summed E-state index contributed by atoms with van der Waals surface area (Å²) in [4.78, 5) is 2.31. The van der Waals surface area contributed by atoms with Gasteiger partial charge < -0.3 is 5.11 Å². The maximum atomic E-state index is 10.0. The van der Waals surface area contributed by atoms with Crippen LogP contribution in [0.15, 0.2) is 24.3 Å². The van der Waals surface area contributed by atoms with Gasteiger partial charge >= 0.3 is 0 Å². The summed E-state index contributed by atoms with van der Waals surface area (Å²) >= 11 is 0. The first kappa shape index (κ1) is 12.6. The quantitative estimate of drug-likeness (QED) is 0.867. The van der Waals surface area contributed by atoms with Crippen LogP contribution in [0.4, 0.5) is 0 Å². The Morgan fingerprint density at radius 3 is 2.65 bits per heavy atom. The van der Waals surface area contributed by atoms with Gasteiger partial charge in [-0.2, -0.15) is 0 Å². The number of rotatable bonds is 3. The highest BCUT2D eigenvalue weighted by Crippen LogP contribution is 2.24. The minimum atomic E-state index is -0.141. The summed E-state index contributed by atoms with van der Waals surface area (Å²) in [6.07, 6.45) is 4.37. The second kappa shape index (κ2) is 5.65. The van der Waals surface area contributed by atoms with Gasteiger partial charge in [0.15, 0.2) is 0 Å². The summed E-state index contributed by atoms with van der Waals surface area (Å²) in [5.74, 6) is 0. The molecule has 1 aliphatic carbocycles. The van der Waals surface area contributed by atoms with E-state index in [1.807, 2.05) is 0 Å². The predicted octanol–water partition coefficient (Wildman–Crippen LogP) is 2.73. The Kier molecular flexibility index (Phi) is 4.19. The lowest BCUT2D eigenvalue weighted by molar-refractivity contribution is 0.0287. The van der Waals surface area contributed by atoms with Gasteiger partial charge in [0.05, 0.1) is 6.10 Å². The van der Waals surface area contributed by atoms with Crippen LogP contribution in [0.1, 0.15) is 36.8 Å². The van der Waals surface area contributed by atoms with Crippen LogP contribution in [0, 0.1) is 6.92 Å². The number of likely N-dealkylation sites (N-methyl/N-ethyl adjacent to an activating group) is 1. The Hall–Kier alpha value is -0.860. The van der Waals surface area contributed by atoms with Gasteiger partial charge in [-0.15, -0.1) is 0 Å². The van der Waals surface area contributed by atoms with E-state index in [0.717, 1.165) is 19.4 Å². The molecule has 1 saturated carbocycles. The van der Waals surface area contributed by atoms with Crippen molar-refractivity contribution < 1.29 is 5.11 Å². The number of nitrogens with zero attached hydrogens (tertiary/aromatic N) is 1. The number of hydrogen-bond acceptors (Lipinski definition) is 2. The lowest BCUT2D eigenvalue weighted by Crippen LogP contribution is -2.42. The van der Waals surface area contributed by atoms with Gasteiger partial charge in [-0.05, 0) is 37.9 Å². The van der Waals surface area contributed by atoms with Gasteiger partial charge in [0.2, 0.25) is 0 Å². The summed E-state index contributed by atoms with van der Waals surface area (Å²) in [7, 11) is 2.13. The highest BCUT2D eigenvalue weighted by Gasteiger charge is 2.26. The zero-order chi connectivity index (χ0) is 12.3. The van der Waals surface area contributed by atoms with Crippen molar-refractivity contribution in [3.63, 3.8) is 0 Å². The first-order valence-electron chi connectivity index (χ1n) is 6.61. The van der Waals surface area contributed by atoms with E-state index < -0.39 is 0 Å². The fourth-order valence-electron chi connectivity index (χ4n) is 2.78. The average molecular weight is 233 g/mol. The molecule has 0 amide bonds. The van der Waals surface area contributed by atoms with Crippen molar-refractivity contribution in [3.05, 3.63) is 35.4 Å². The van der Waals surface area contributed by atoms with Crippen LogP contribution < -0.4 is 0 Å². The van der Waals surface area contributed by atoms with Crippen LogP contribution in [0.3, 0.4) is 0 Å². The van der Waals surface area contributed by atoms with Crippen LogP contribution in [0.5, 0.6) is 0 Å². The Morgan fingerprint density at radius 1 is 1.24 bits per heavy atom. The standard InChI is InChI=1S/C15H23NO/c1-12-7-3-4-8-13(12)11-16(2)14-9-5-6-10-15(14)17/h3-4,7-8,14-15,17H,5-6,9-11H2,1-2H3. The van der Waals surface area contributed by atoms with E-state index in [4.69, 9.17) is 0 Å². The molecule has 0 heterocycles. The SMILES string of the molecule is Cc1ccccc1CN(C)C1CCCCC1O. The maximum absolute atomic E-state index is 10.0. The number of aliphatic hydroxyl groups excluding tert-OH is 1. The van der Waals surface area contributed by atoms with Crippen LogP contribution in [-0.4, -0.2) is 29.2 Å². The molecule has 1 fully saturated rings. The van der Waals surface area contributed by atoms with Gasteiger partial charge in [-0.3, -0.25) is 4.90 Å². The van der Waals surface area contributed by atoms with Crippen molar-refractivity contribution in [3.8, 4) is 0 Å². The van der Waals surface area contributed by atoms with Crippen LogP contribution in [-0.2, 0) is 6.54 Å². The normalized spacial score (nSPS) is 25.2. The lowest BCUT2D eigenvalue weighted by atomic mass is 9.91. The fourth-order valence-corrected chi connectivity index (χ4v) is 2.78. The van der Waals surface area contributed by atoms with E-state index in [9.17, 15) is 5.11 Å². The smallest absolute Gasteiger partial charge is 0.0695 e. The molecule has 0 aliphatic heterocycles. The first-order valence-corrected chi connectivity index (χ1v) is 6.61. The molecule has 2 nitrogen and oxygen atoms in total. The lowest BCUT2D eigenvalue weighted by Gasteiger charge is -2.35. The van der Waals surface area contributed by atoms with Gasteiger partial charge in [0.25, 0.3) is 0 Å². The van der Waals surface area contributed by atoms with Crippen molar-refractivity contribution in [2.24, 2.45) is 0 Å². The van der Waals surface area contributed by atoms with E-state index >= 15 is 0 Å². The van der Waals surface area contributed by atoms with Crippen molar-refractivity contribution in [2.45, 2.75) is 51.3 Å². The molecule has 0 saturated heterocycles. The molecule has 17 heavy (non-hydrogen) atoms. The van der Waals surface area contributed by atoms with E-state index in [2.05, 4.69) is 43.1 Å². The molecule has 0 spiro atoms. The molecular weight excluding hydrogens is 210 g/mol. The molecule has 0 radical (unpaired) electrons. The zero-order valence-electron chi connectivity index (χ0n) is 10.9. The van der Waals surface area contributed by atoms with E-state index in [1.54, 1.807) is 0 Å². The minimum absolute atomic E-state index is 0.141. The Labute approximate surface area is 104 Å². The second-order valence-corrected chi connectivity index (χ2v) is 5.26. The second-order valence-electron chi connectivity index (χ2n) is 5.26. The molecule has 1 N–H and O–H groups in total. The third kappa shape index (κ3) is 3.08. The number of hydrogen-bond donors (Lipinski definition) is 1. The zero-order valence-corrected chi connectivity index (χ0v) is 10.9. The molecule has 2 atom stereocenters. The summed E-state index contributed by atoms with van der Waals surface area (Å²) in [5, 5.41) is 10.0. The first-order chi connectivity index (χ1) is 8.18. The molecule has 1 aromatic carbocycles. The van der Waals surface area contributed by atoms with Gasteiger partial charge in [-0.1, -0.05) is 37.1 Å². The summed E-state index contributed by atoms with van der Waals surface area (Å²) in [5.41, 5.74) is 2.71. The van der Waals surface area contributed by atoms with Crippen molar-refractivity contribution >= 4 is 0 Å². The molecule has 0 aromatic heterocycles. The Morgan fingerprint density at radius 2 is 1.94 bits per heavy atom. The Bertz CT molecular complexity index is 364. The van der Waals surface area contributed by atoms with Crippen molar-refractivity contribution in [2.75, 3.05) is 7.05 Å². The monoisotopic (exact) mass is 233 g/mol. The molecule has 94 valence electrons. The topological polar surface area (TPSA) is 23.5 Å². The van der Waals surface area contributed by atoms with Gasteiger partial charge in [0.1, 0.15) is 0 Å². The van der Waals surface area contributed by atoms with Crippen LogP contribution in [0.2, 0.25) is 0 Å². The number of aryl methyl sites for hydroxylation is 1. The summed E-state index contributed by atoms with van der Waals surface area (Å²) < 4.78 is 0. The number of aliphatic hydroxyl groups is 1. The highest BCUT2D eigenvalue weighted by molar-refractivity contribution is 5.25. The highest BCUT2D eigenvalue weighted by atomic mass is 16.3. The largest absolute Gasteiger partial charge is 0.391 e. The third-order valence-electron chi connectivity index (χ3n) is 3.94. The van der Waals surface area contributed by atoms with Gasteiger partial charge in [-0.25, -0.2) is 0 Å². The Balaban J connectivity index is 2.01. The van der Waals surface area contributed by atoms with Crippen LogP contribution in [0.25, 0.3) is 0 Å². The van der Waals surface area contributed by atoms with Crippen LogP contribution >= 0.6 is 0 Å². The van der Waals surface area contributed by atoms with E-state index in [-0.39, 0.29) is 6.10 Å². The number of benzene rings is 1. The van der Waals surface area contributed by atoms with E-state index in [1.165, 1.54) is 24.0 Å². The maximum Gasteiger partial charge on any atom is 0.0695 e. The van der Waals surface area contributed by atoms with Gasteiger partial charge in [0, 0.05) is 12.6 Å². The fraction of sp³-hybridized carbons (Fsp3) is 0.600. The predicted molar refractivity (Wildman–Crippen MR) is 70.9 cm³/mol. The van der Waals surface area contributed by atoms with E-state index in [0.29, 0.717) is 6.04 Å². The van der Waals surface area contributed by atoms with Crippen molar-refractivity contribution in [1.82, 2.24) is 4.90 Å². The molecule has 2 unspecified atom stereocenters. The molecule has 0 bridgehead atoms. The molecule has 2 rings (SSSR count). The molecule has 1 aliphatic rings. The molecule has 1 aromatic rings. The summed E-state index contributed by atoms with van der Waals surface area (Å²) in [6, 6.07) is 8.84. The summed E-state index contributed by atoms with van der Waals surface area (Å²) in [6.45, 7) is 3.09. The molecule has 2 heteroatoms. The molecular formula is C15H23NO.